The van der Waals surface area contributed by atoms with Crippen LogP contribution < -0.4 is 22.1 Å². The van der Waals surface area contributed by atoms with E-state index < -0.39 is 16.0 Å². The first kappa shape index (κ1) is 26.7. The maximum absolute atomic E-state index is 12.5. The van der Waals surface area contributed by atoms with Crippen molar-refractivity contribution in [1.82, 2.24) is 15.5 Å². The van der Waals surface area contributed by atoms with Gasteiger partial charge in [0.25, 0.3) is 10.0 Å². The number of hydrogen-bond acceptors (Lipinski definition) is 7. The number of aliphatic imine (C=N–C) groups is 1. The van der Waals surface area contributed by atoms with E-state index in [2.05, 4.69) is 30.2 Å². The fourth-order valence-electron chi connectivity index (χ4n) is 2.73. The largest absolute Gasteiger partial charge is 0.369 e. The smallest absolute Gasteiger partial charge is 0.285 e. The molecule has 180 valence electrons. The Morgan fingerprint density at radius 3 is 2.44 bits per heavy atom. The molecule has 0 spiro atoms. The summed E-state index contributed by atoms with van der Waals surface area (Å²) in [5, 5.41) is 14.1. The van der Waals surface area contributed by atoms with E-state index in [1.165, 1.54) is 36.5 Å². The normalized spacial score (nSPS) is 12.1. The molecule has 3 aromatic rings. The Balaban J connectivity index is 0.00000408. The van der Waals surface area contributed by atoms with Crippen LogP contribution in [0.3, 0.4) is 0 Å². The lowest BCUT2D eigenvalue weighted by Gasteiger charge is -2.08. The van der Waals surface area contributed by atoms with Crippen LogP contribution in [0.25, 0.3) is 0 Å². The van der Waals surface area contributed by atoms with Crippen molar-refractivity contribution in [2.75, 3.05) is 5.32 Å². The molecule has 0 aliphatic carbocycles. The number of rotatable bonds is 6. The minimum atomic E-state index is -4.12. The van der Waals surface area contributed by atoms with Crippen LogP contribution in [0.1, 0.15) is 23.1 Å². The lowest BCUT2D eigenvalue weighted by atomic mass is 10.2. The van der Waals surface area contributed by atoms with Crippen molar-refractivity contribution in [3.8, 4) is 0 Å². The second-order valence-electron chi connectivity index (χ2n) is 6.87. The van der Waals surface area contributed by atoms with Crippen molar-refractivity contribution < 1.29 is 13.2 Å². The molecule has 0 unspecified atom stereocenters. The van der Waals surface area contributed by atoms with E-state index >= 15 is 0 Å². The number of anilines is 1. The second kappa shape index (κ2) is 11.5. The van der Waals surface area contributed by atoms with E-state index in [1.54, 1.807) is 6.92 Å². The molecule has 0 aliphatic rings. The van der Waals surface area contributed by atoms with Crippen LogP contribution in [0, 0.1) is 6.92 Å². The zero-order valence-corrected chi connectivity index (χ0v) is 20.7. The number of benzene rings is 2. The molecule has 0 aliphatic heterocycles. The summed E-state index contributed by atoms with van der Waals surface area (Å²) >= 11 is 1.24. The summed E-state index contributed by atoms with van der Waals surface area (Å²) in [6.45, 7) is 3.02. The molecule has 14 heteroatoms. The highest BCUT2D eigenvalue weighted by Crippen LogP contribution is 2.22. The topological polar surface area (TPSA) is 178 Å². The highest BCUT2D eigenvalue weighted by molar-refractivity contribution is 7.90. The molecule has 1 heterocycles. The zero-order chi connectivity index (χ0) is 24.0. The molecule has 2 aromatic carbocycles. The number of halogens is 1. The number of aromatic nitrogens is 2. The lowest BCUT2D eigenvalue weighted by Crippen LogP contribution is -2.41. The predicted molar refractivity (Wildman–Crippen MR) is 135 cm³/mol. The summed E-state index contributed by atoms with van der Waals surface area (Å²) in [7, 11) is -4.12. The Hall–Kier alpha value is -3.55. The lowest BCUT2D eigenvalue weighted by molar-refractivity contribution is -0.114. The molecule has 0 fully saturated rings. The number of amides is 1. The average Bonchev–Trinajstić information content (AvgIpc) is 3.15. The van der Waals surface area contributed by atoms with Crippen molar-refractivity contribution >= 4 is 62.4 Å². The molecule has 11 nitrogen and oxygen atoms in total. The van der Waals surface area contributed by atoms with Crippen LogP contribution in [0.4, 0.5) is 10.8 Å². The number of guanidine groups is 2. The number of nitrogens with one attached hydrogen (secondary N) is 2. The van der Waals surface area contributed by atoms with Gasteiger partial charge in [0.15, 0.2) is 0 Å². The van der Waals surface area contributed by atoms with E-state index in [1.807, 2.05) is 30.3 Å². The molecule has 0 saturated heterocycles. The maximum Gasteiger partial charge on any atom is 0.285 e. The third-order valence-corrected chi connectivity index (χ3v) is 6.26. The third-order valence-electron chi connectivity index (χ3n) is 4.15. The van der Waals surface area contributed by atoms with Gasteiger partial charge in [0.2, 0.25) is 23.0 Å². The fourth-order valence-corrected chi connectivity index (χ4v) is 4.46. The SMILES string of the molecule is CC(=O)Nc1ccc(S(=O)(=O)/N=C(\N)N/C(N)=N/c2nnc(Cc3ccccc3)s2)cc1C.Cl. The molecule has 0 atom stereocenters. The molecule has 0 saturated carbocycles. The summed E-state index contributed by atoms with van der Waals surface area (Å²) in [5.41, 5.74) is 13.6. The summed E-state index contributed by atoms with van der Waals surface area (Å²) in [6.07, 6.45) is 0.601. The summed E-state index contributed by atoms with van der Waals surface area (Å²) in [6, 6.07) is 13.9. The Labute approximate surface area is 206 Å². The highest BCUT2D eigenvalue weighted by atomic mass is 35.5. The van der Waals surface area contributed by atoms with Gasteiger partial charge in [-0.3, -0.25) is 10.1 Å². The molecular formula is C20H23ClN8O3S2. The first-order chi connectivity index (χ1) is 15.6. The van der Waals surface area contributed by atoms with E-state index in [0.717, 1.165) is 10.6 Å². The first-order valence-corrected chi connectivity index (χ1v) is 11.8. The van der Waals surface area contributed by atoms with Gasteiger partial charge in [0.05, 0.1) is 4.90 Å². The van der Waals surface area contributed by atoms with Crippen LogP contribution >= 0.6 is 23.7 Å². The second-order valence-corrected chi connectivity index (χ2v) is 9.52. The number of nitrogens with zero attached hydrogens (tertiary/aromatic N) is 4. The molecule has 34 heavy (non-hydrogen) atoms. The Morgan fingerprint density at radius 1 is 1.09 bits per heavy atom. The highest BCUT2D eigenvalue weighted by Gasteiger charge is 2.16. The Bertz CT molecular complexity index is 1320. The van der Waals surface area contributed by atoms with Gasteiger partial charge in [-0.1, -0.05) is 41.7 Å². The number of hydrogen-bond donors (Lipinski definition) is 4. The van der Waals surface area contributed by atoms with Crippen molar-refractivity contribution in [2.24, 2.45) is 20.9 Å². The van der Waals surface area contributed by atoms with Crippen molar-refractivity contribution in [2.45, 2.75) is 25.2 Å². The summed E-state index contributed by atoms with van der Waals surface area (Å²) in [4.78, 5) is 15.2. The van der Waals surface area contributed by atoms with Crippen LogP contribution in [0.5, 0.6) is 0 Å². The van der Waals surface area contributed by atoms with Gasteiger partial charge >= 0.3 is 0 Å². The van der Waals surface area contributed by atoms with E-state index in [0.29, 0.717) is 17.7 Å². The van der Waals surface area contributed by atoms with Crippen molar-refractivity contribution in [3.05, 3.63) is 64.7 Å². The van der Waals surface area contributed by atoms with Gasteiger partial charge in [0, 0.05) is 19.0 Å². The van der Waals surface area contributed by atoms with Gasteiger partial charge in [-0.2, -0.15) is 13.4 Å². The first-order valence-electron chi connectivity index (χ1n) is 9.58. The van der Waals surface area contributed by atoms with Crippen LogP contribution in [-0.4, -0.2) is 36.4 Å². The third kappa shape index (κ3) is 7.50. The van der Waals surface area contributed by atoms with Crippen LogP contribution in [-0.2, 0) is 21.2 Å². The quantitative estimate of drug-likeness (QED) is 0.280. The maximum atomic E-state index is 12.5. The van der Waals surface area contributed by atoms with Gasteiger partial charge < -0.3 is 16.8 Å². The number of sulfonamides is 1. The molecule has 0 radical (unpaired) electrons. The van der Waals surface area contributed by atoms with Crippen LogP contribution in [0.15, 0.2) is 62.8 Å². The number of carbonyl (C=O) groups excluding carboxylic acids is 1. The van der Waals surface area contributed by atoms with Crippen molar-refractivity contribution in [1.29, 1.82) is 0 Å². The Kier molecular flexibility index (Phi) is 9.06. The number of aryl methyl sites for hydroxylation is 1. The fraction of sp³-hybridized carbons (Fsp3) is 0.150. The zero-order valence-electron chi connectivity index (χ0n) is 18.2. The monoisotopic (exact) mass is 522 g/mol. The summed E-state index contributed by atoms with van der Waals surface area (Å²) in [5.74, 6) is -0.919. The van der Waals surface area contributed by atoms with Crippen molar-refractivity contribution in [3.63, 3.8) is 0 Å². The molecule has 1 amide bonds. The number of carbonyl (C=O) groups is 1. The molecule has 3 rings (SSSR count). The van der Waals surface area contributed by atoms with E-state index in [-0.39, 0.29) is 34.3 Å². The Morgan fingerprint density at radius 2 is 1.79 bits per heavy atom. The molecule has 1 aromatic heterocycles. The predicted octanol–water partition coefficient (Wildman–Crippen LogP) is 2.06. The minimum absolute atomic E-state index is 0. The van der Waals surface area contributed by atoms with Crippen LogP contribution in [0.2, 0.25) is 0 Å². The summed E-state index contributed by atoms with van der Waals surface area (Å²) < 4.78 is 28.6. The standard InChI is InChI=1S/C20H22N8O3S2.ClH/c1-12-10-15(8-9-16(12)23-13(2)29)33(30,31)28-19(22)24-18(21)25-20-27-26-17(32-20)11-14-6-4-3-5-7-14;/h3-10H,11H2,1-2H3,(H,23,29)(H5,21,22,24,25,27,28);1H. The average molecular weight is 523 g/mol. The van der Waals surface area contributed by atoms with Gasteiger partial charge in [-0.05, 0) is 36.2 Å². The van der Waals surface area contributed by atoms with E-state index in [4.69, 9.17) is 11.5 Å². The molecule has 6 N–H and O–H groups in total. The molecule has 0 bridgehead atoms. The molecular weight excluding hydrogens is 500 g/mol. The minimum Gasteiger partial charge on any atom is -0.369 e. The van der Waals surface area contributed by atoms with Gasteiger partial charge in [-0.25, -0.2) is 0 Å². The number of nitrogens with two attached hydrogens (primary N) is 2. The van der Waals surface area contributed by atoms with E-state index in [9.17, 15) is 13.2 Å². The van der Waals surface area contributed by atoms with Gasteiger partial charge in [0.1, 0.15) is 5.01 Å². The van der Waals surface area contributed by atoms with Gasteiger partial charge in [-0.15, -0.1) is 27.0 Å².